The number of aromatic nitrogens is 2. The molecule has 1 aliphatic heterocycles. The third-order valence-electron chi connectivity index (χ3n) is 4.84. The molecule has 1 aliphatic rings. The molecule has 1 fully saturated rings. The van der Waals surface area contributed by atoms with Gasteiger partial charge in [-0.25, -0.2) is 4.68 Å². The van der Waals surface area contributed by atoms with Gasteiger partial charge in [-0.1, -0.05) is 48.5 Å². The lowest BCUT2D eigenvalue weighted by Crippen LogP contribution is -2.44. The maximum absolute atomic E-state index is 13.1. The van der Waals surface area contributed by atoms with Crippen LogP contribution in [0, 0.1) is 6.92 Å². The van der Waals surface area contributed by atoms with Crippen molar-refractivity contribution in [3.63, 3.8) is 0 Å². The van der Waals surface area contributed by atoms with Crippen LogP contribution in [0.25, 0.3) is 5.69 Å². The van der Waals surface area contributed by atoms with E-state index in [0.717, 1.165) is 11.3 Å². The highest BCUT2D eigenvalue weighted by Gasteiger charge is 2.28. The fourth-order valence-corrected chi connectivity index (χ4v) is 3.38. The molecule has 4 rings (SSSR count). The van der Waals surface area contributed by atoms with Crippen molar-refractivity contribution >= 4 is 5.91 Å². The molecule has 0 N–H and O–H groups in total. The summed E-state index contributed by atoms with van der Waals surface area (Å²) in [6.07, 6.45) is -0.208. The first-order chi connectivity index (χ1) is 13.6. The predicted octanol–water partition coefficient (Wildman–Crippen LogP) is 2.75. The third-order valence-corrected chi connectivity index (χ3v) is 4.84. The van der Waals surface area contributed by atoms with Crippen LogP contribution in [0.4, 0.5) is 0 Å². The van der Waals surface area contributed by atoms with Gasteiger partial charge in [0.05, 0.1) is 18.8 Å². The smallest absolute Gasteiger partial charge is 0.278 e. The van der Waals surface area contributed by atoms with Gasteiger partial charge in [-0.3, -0.25) is 9.59 Å². The minimum Gasteiger partial charge on any atom is -0.370 e. The maximum atomic E-state index is 13.1. The number of hydrogen-bond acceptors (Lipinski definition) is 4. The normalized spacial score (nSPS) is 16.8. The quantitative estimate of drug-likeness (QED) is 0.706. The lowest BCUT2D eigenvalue weighted by molar-refractivity contribution is -0.0231. The molecule has 28 heavy (non-hydrogen) atoms. The SMILES string of the molecule is Cc1cc(=O)c(C(=O)N2CCO[C@@H](c3ccccc3)C2)nn1-c1ccccc1. The van der Waals surface area contributed by atoms with Gasteiger partial charge in [-0.15, -0.1) is 0 Å². The lowest BCUT2D eigenvalue weighted by Gasteiger charge is -2.33. The largest absolute Gasteiger partial charge is 0.370 e. The van der Waals surface area contributed by atoms with Crippen LogP contribution >= 0.6 is 0 Å². The minimum absolute atomic E-state index is 0.0665. The predicted molar refractivity (Wildman–Crippen MR) is 106 cm³/mol. The molecule has 1 amide bonds. The number of hydrogen-bond donors (Lipinski definition) is 0. The third kappa shape index (κ3) is 3.59. The summed E-state index contributed by atoms with van der Waals surface area (Å²) < 4.78 is 7.45. The van der Waals surface area contributed by atoms with Crippen molar-refractivity contribution in [3.8, 4) is 5.69 Å². The molecule has 0 bridgehead atoms. The molecule has 1 aromatic heterocycles. The molecule has 2 aromatic carbocycles. The molecular weight excluding hydrogens is 354 g/mol. The molecule has 0 spiro atoms. The molecule has 0 unspecified atom stereocenters. The van der Waals surface area contributed by atoms with Crippen molar-refractivity contribution in [1.82, 2.24) is 14.7 Å². The molecule has 142 valence electrons. The van der Waals surface area contributed by atoms with E-state index in [2.05, 4.69) is 5.10 Å². The van der Waals surface area contributed by atoms with E-state index in [1.807, 2.05) is 60.7 Å². The Bertz CT molecular complexity index is 1030. The molecule has 3 aromatic rings. The van der Waals surface area contributed by atoms with Crippen LogP contribution in [0.3, 0.4) is 0 Å². The highest BCUT2D eigenvalue weighted by molar-refractivity contribution is 5.92. The average Bonchev–Trinajstić information content (AvgIpc) is 2.75. The number of carbonyl (C=O) groups is 1. The first-order valence-electron chi connectivity index (χ1n) is 9.26. The first-order valence-corrected chi connectivity index (χ1v) is 9.26. The van der Waals surface area contributed by atoms with Gasteiger partial charge in [0, 0.05) is 18.3 Å². The van der Waals surface area contributed by atoms with Gasteiger partial charge < -0.3 is 9.64 Å². The van der Waals surface area contributed by atoms with Crippen LogP contribution in [0.1, 0.15) is 27.8 Å². The van der Waals surface area contributed by atoms with Crippen molar-refractivity contribution in [3.05, 3.63) is 93.9 Å². The summed E-state index contributed by atoms with van der Waals surface area (Å²) in [5.41, 5.74) is 2.06. The molecule has 2 heterocycles. The van der Waals surface area contributed by atoms with Crippen LogP contribution < -0.4 is 5.43 Å². The summed E-state index contributed by atoms with van der Waals surface area (Å²) in [5.74, 6) is -0.362. The maximum Gasteiger partial charge on any atom is 0.278 e. The Kier molecular flexibility index (Phi) is 5.04. The average molecular weight is 375 g/mol. The van der Waals surface area contributed by atoms with E-state index in [9.17, 15) is 9.59 Å². The minimum atomic E-state index is -0.363. The highest BCUT2D eigenvalue weighted by Crippen LogP contribution is 2.22. The number of ether oxygens (including phenoxy) is 1. The van der Waals surface area contributed by atoms with Crippen LogP contribution in [0.2, 0.25) is 0 Å². The van der Waals surface area contributed by atoms with Crippen LogP contribution in [-0.2, 0) is 4.74 Å². The summed E-state index contributed by atoms with van der Waals surface area (Å²) in [6.45, 7) is 3.05. The second-order valence-corrected chi connectivity index (χ2v) is 6.77. The molecular formula is C22H21N3O3. The van der Waals surface area contributed by atoms with Gasteiger partial charge in [0.2, 0.25) is 5.43 Å². The lowest BCUT2D eigenvalue weighted by atomic mass is 10.1. The second-order valence-electron chi connectivity index (χ2n) is 6.77. The van der Waals surface area contributed by atoms with Crippen molar-refractivity contribution < 1.29 is 9.53 Å². The Labute approximate surface area is 163 Å². The summed E-state index contributed by atoms with van der Waals surface area (Å²) in [4.78, 5) is 27.2. The first kappa shape index (κ1) is 18.1. The zero-order chi connectivity index (χ0) is 19.5. The topological polar surface area (TPSA) is 64.4 Å². The Hall–Kier alpha value is -3.25. The Morgan fingerprint density at radius 2 is 1.75 bits per heavy atom. The molecule has 6 nitrogen and oxygen atoms in total. The zero-order valence-corrected chi connectivity index (χ0v) is 15.6. The number of carbonyl (C=O) groups excluding carboxylic acids is 1. The Morgan fingerprint density at radius 3 is 2.46 bits per heavy atom. The Balaban J connectivity index is 1.63. The van der Waals surface area contributed by atoms with Crippen molar-refractivity contribution in [2.75, 3.05) is 19.7 Å². The van der Waals surface area contributed by atoms with Gasteiger partial charge in [-0.05, 0) is 24.6 Å². The van der Waals surface area contributed by atoms with E-state index >= 15 is 0 Å². The fourth-order valence-electron chi connectivity index (χ4n) is 3.38. The van der Waals surface area contributed by atoms with Gasteiger partial charge in [0.1, 0.15) is 6.10 Å². The molecule has 6 heteroatoms. The van der Waals surface area contributed by atoms with Crippen molar-refractivity contribution in [1.29, 1.82) is 0 Å². The monoisotopic (exact) mass is 375 g/mol. The van der Waals surface area contributed by atoms with Crippen molar-refractivity contribution in [2.45, 2.75) is 13.0 Å². The number of aryl methyl sites for hydroxylation is 1. The molecule has 0 radical (unpaired) electrons. The highest BCUT2D eigenvalue weighted by atomic mass is 16.5. The van der Waals surface area contributed by atoms with Gasteiger partial charge in [-0.2, -0.15) is 5.10 Å². The van der Waals surface area contributed by atoms with E-state index in [0.29, 0.717) is 25.4 Å². The van der Waals surface area contributed by atoms with E-state index in [1.54, 1.807) is 16.5 Å². The second kappa shape index (κ2) is 7.78. The van der Waals surface area contributed by atoms with E-state index < -0.39 is 0 Å². The van der Waals surface area contributed by atoms with Gasteiger partial charge >= 0.3 is 0 Å². The number of benzene rings is 2. The summed E-state index contributed by atoms with van der Waals surface area (Å²) in [7, 11) is 0. The molecule has 0 saturated carbocycles. The summed E-state index contributed by atoms with van der Waals surface area (Å²) >= 11 is 0. The van der Waals surface area contributed by atoms with Crippen LogP contribution in [0.15, 0.2) is 71.5 Å². The molecule has 1 saturated heterocycles. The molecule has 0 aliphatic carbocycles. The van der Waals surface area contributed by atoms with Gasteiger partial charge in [0.15, 0.2) is 5.69 Å². The zero-order valence-electron chi connectivity index (χ0n) is 15.6. The number of para-hydroxylation sites is 1. The fraction of sp³-hybridized carbons (Fsp3) is 0.227. The standard InChI is InChI=1S/C22H21N3O3/c1-16-14-19(26)21(23-25(16)18-10-6-3-7-11-18)22(27)24-12-13-28-20(15-24)17-8-4-2-5-9-17/h2-11,14,20H,12-13,15H2,1H3/t20-/m1/s1. The Morgan fingerprint density at radius 1 is 1.07 bits per heavy atom. The van der Waals surface area contributed by atoms with Gasteiger partial charge in [0.25, 0.3) is 5.91 Å². The van der Waals surface area contributed by atoms with Crippen molar-refractivity contribution in [2.24, 2.45) is 0 Å². The summed E-state index contributed by atoms with van der Waals surface area (Å²) in [5, 5.41) is 4.39. The molecule has 1 atom stereocenters. The number of amides is 1. The number of rotatable bonds is 3. The van der Waals surface area contributed by atoms with E-state index in [-0.39, 0.29) is 23.1 Å². The van der Waals surface area contributed by atoms with E-state index in [1.165, 1.54) is 6.07 Å². The van der Waals surface area contributed by atoms with Crippen LogP contribution in [0.5, 0.6) is 0 Å². The number of morpholine rings is 1. The summed E-state index contributed by atoms with van der Waals surface area (Å²) in [6, 6.07) is 20.7. The van der Waals surface area contributed by atoms with Crippen LogP contribution in [-0.4, -0.2) is 40.3 Å². The number of nitrogens with zero attached hydrogens (tertiary/aromatic N) is 3. The van der Waals surface area contributed by atoms with E-state index in [4.69, 9.17) is 4.74 Å².